The highest BCUT2D eigenvalue weighted by atomic mass is 16.3. The molecule has 0 radical (unpaired) electrons. The Kier molecular flexibility index (Phi) is 2.77. The van der Waals surface area contributed by atoms with Crippen LogP contribution in [-0.4, -0.2) is 5.11 Å². The summed E-state index contributed by atoms with van der Waals surface area (Å²) in [5.41, 5.74) is 1.50. The molecule has 0 aliphatic carbocycles. The van der Waals surface area contributed by atoms with Gasteiger partial charge >= 0.3 is 0 Å². The van der Waals surface area contributed by atoms with Gasteiger partial charge in [-0.05, 0) is 25.3 Å². The first-order valence-corrected chi connectivity index (χ1v) is 4.74. The number of benzene rings is 1. The molecule has 13 heavy (non-hydrogen) atoms. The monoisotopic (exact) mass is 178 g/mol. The highest BCUT2D eigenvalue weighted by molar-refractivity contribution is 5.26. The normalized spacial score (nSPS) is 15.8. The van der Waals surface area contributed by atoms with Gasteiger partial charge in [0.25, 0.3) is 0 Å². The summed E-state index contributed by atoms with van der Waals surface area (Å²) >= 11 is 0. The van der Waals surface area contributed by atoms with Crippen LogP contribution in [0.1, 0.15) is 31.9 Å². The zero-order valence-electron chi connectivity index (χ0n) is 8.83. The number of aryl methyl sites for hydroxylation is 1. The minimum atomic E-state index is -0.715. The molecule has 0 saturated heterocycles. The highest BCUT2D eigenvalue weighted by Crippen LogP contribution is 2.28. The standard InChI is InChI=1S/C12H18O/c1-9(2)12(4,13)11-7-5-10(3)6-8-11/h5-9,13H,1-4H3/t12-/m0/s1. The first-order chi connectivity index (χ1) is 5.94. The Morgan fingerprint density at radius 1 is 1.15 bits per heavy atom. The van der Waals surface area contributed by atoms with E-state index in [-0.39, 0.29) is 5.92 Å². The van der Waals surface area contributed by atoms with Gasteiger partial charge in [-0.3, -0.25) is 0 Å². The van der Waals surface area contributed by atoms with Crippen molar-refractivity contribution in [1.82, 2.24) is 0 Å². The molecule has 1 rings (SSSR count). The first kappa shape index (κ1) is 10.3. The third-order valence-corrected chi connectivity index (χ3v) is 2.76. The van der Waals surface area contributed by atoms with E-state index in [2.05, 4.69) is 0 Å². The molecule has 1 N–H and O–H groups in total. The van der Waals surface area contributed by atoms with Crippen LogP contribution in [0.5, 0.6) is 0 Å². The first-order valence-electron chi connectivity index (χ1n) is 4.74. The highest BCUT2D eigenvalue weighted by Gasteiger charge is 2.26. The molecule has 0 saturated carbocycles. The van der Waals surface area contributed by atoms with Crippen LogP contribution in [0.2, 0.25) is 0 Å². The van der Waals surface area contributed by atoms with Crippen LogP contribution in [0.25, 0.3) is 0 Å². The van der Waals surface area contributed by atoms with Crippen molar-refractivity contribution in [2.45, 2.75) is 33.3 Å². The minimum absolute atomic E-state index is 0.232. The van der Waals surface area contributed by atoms with E-state index in [9.17, 15) is 5.11 Å². The summed E-state index contributed by atoms with van der Waals surface area (Å²) in [7, 11) is 0. The maximum atomic E-state index is 10.2. The van der Waals surface area contributed by atoms with Gasteiger partial charge in [0, 0.05) is 0 Å². The fraction of sp³-hybridized carbons (Fsp3) is 0.500. The number of aliphatic hydroxyl groups is 1. The largest absolute Gasteiger partial charge is 0.385 e. The second kappa shape index (κ2) is 3.51. The van der Waals surface area contributed by atoms with Gasteiger partial charge in [0.1, 0.15) is 0 Å². The van der Waals surface area contributed by atoms with Crippen molar-refractivity contribution in [3.8, 4) is 0 Å². The molecule has 0 aliphatic rings. The Balaban J connectivity index is 3.01. The lowest BCUT2D eigenvalue weighted by Crippen LogP contribution is -2.27. The molecule has 0 heterocycles. The Labute approximate surface area is 80.4 Å². The predicted octanol–water partition coefficient (Wildman–Crippen LogP) is 2.86. The van der Waals surface area contributed by atoms with Crippen LogP contribution in [0.15, 0.2) is 24.3 Å². The molecule has 0 bridgehead atoms. The average Bonchev–Trinajstić information content (AvgIpc) is 2.04. The van der Waals surface area contributed by atoms with Crippen LogP contribution in [0, 0.1) is 12.8 Å². The van der Waals surface area contributed by atoms with Gasteiger partial charge in [-0.1, -0.05) is 43.7 Å². The predicted molar refractivity (Wildman–Crippen MR) is 55.6 cm³/mol. The van der Waals surface area contributed by atoms with Crippen molar-refractivity contribution >= 4 is 0 Å². The fourth-order valence-electron chi connectivity index (χ4n) is 1.22. The summed E-state index contributed by atoms with van der Waals surface area (Å²) in [6.45, 7) is 7.97. The Hall–Kier alpha value is -0.820. The van der Waals surface area contributed by atoms with E-state index in [1.807, 2.05) is 52.0 Å². The summed E-state index contributed by atoms with van der Waals surface area (Å²) in [5.74, 6) is 0.232. The Morgan fingerprint density at radius 2 is 1.62 bits per heavy atom. The van der Waals surface area contributed by atoms with Crippen molar-refractivity contribution in [3.63, 3.8) is 0 Å². The summed E-state index contributed by atoms with van der Waals surface area (Å²) in [5, 5.41) is 10.2. The molecular formula is C12H18O. The maximum Gasteiger partial charge on any atom is 0.0891 e. The van der Waals surface area contributed by atoms with Gasteiger partial charge in [0.2, 0.25) is 0 Å². The second-order valence-electron chi connectivity index (χ2n) is 4.17. The van der Waals surface area contributed by atoms with Crippen LogP contribution >= 0.6 is 0 Å². The zero-order valence-corrected chi connectivity index (χ0v) is 8.83. The van der Waals surface area contributed by atoms with Crippen LogP contribution in [0.3, 0.4) is 0 Å². The van der Waals surface area contributed by atoms with Gasteiger partial charge < -0.3 is 5.11 Å². The SMILES string of the molecule is Cc1ccc([C@@](C)(O)C(C)C)cc1. The fourth-order valence-corrected chi connectivity index (χ4v) is 1.22. The van der Waals surface area contributed by atoms with Gasteiger partial charge in [-0.25, -0.2) is 0 Å². The summed E-state index contributed by atoms with van der Waals surface area (Å²) in [6.07, 6.45) is 0. The van der Waals surface area contributed by atoms with Crippen molar-refractivity contribution in [2.75, 3.05) is 0 Å². The Bertz CT molecular complexity index is 270. The lowest BCUT2D eigenvalue weighted by molar-refractivity contribution is 0.00904. The van der Waals surface area contributed by atoms with Crippen molar-refractivity contribution in [2.24, 2.45) is 5.92 Å². The molecule has 0 unspecified atom stereocenters. The molecular weight excluding hydrogens is 160 g/mol. The molecule has 1 aromatic rings. The smallest absolute Gasteiger partial charge is 0.0891 e. The Morgan fingerprint density at radius 3 is 2.00 bits per heavy atom. The molecule has 0 spiro atoms. The van der Waals surface area contributed by atoms with Gasteiger partial charge in [0.05, 0.1) is 5.60 Å². The minimum Gasteiger partial charge on any atom is -0.385 e. The lowest BCUT2D eigenvalue weighted by atomic mass is 9.85. The molecule has 72 valence electrons. The molecule has 0 fully saturated rings. The van der Waals surface area contributed by atoms with E-state index in [1.165, 1.54) is 5.56 Å². The van der Waals surface area contributed by atoms with Crippen molar-refractivity contribution in [3.05, 3.63) is 35.4 Å². The molecule has 1 atom stereocenters. The van der Waals surface area contributed by atoms with E-state index in [0.29, 0.717) is 0 Å². The summed E-state index contributed by atoms with van der Waals surface area (Å²) in [6, 6.07) is 8.06. The number of rotatable bonds is 2. The van der Waals surface area contributed by atoms with Crippen LogP contribution in [-0.2, 0) is 5.60 Å². The number of hydrogen-bond donors (Lipinski definition) is 1. The third-order valence-electron chi connectivity index (χ3n) is 2.76. The van der Waals surface area contributed by atoms with Gasteiger partial charge in [-0.15, -0.1) is 0 Å². The molecule has 1 aromatic carbocycles. The topological polar surface area (TPSA) is 20.2 Å². The van der Waals surface area contributed by atoms with Crippen molar-refractivity contribution < 1.29 is 5.11 Å². The van der Waals surface area contributed by atoms with E-state index in [4.69, 9.17) is 0 Å². The molecule has 0 amide bonds. The van der Waals surface area contributed by atoms with Gasteiger partial charge in [-0.2, -0.15) is 0 Å². The van der Waals surface area contributed by atoms with E-state index in [1.54, 1.807) is 0 Å². The average molecular weight is 178 g/mol. The van der Waals surface area contributed by atoms with E-state index in [0.717, 1.165) is 5.56 Å². The summed E-state index contributed by atoms with van der Waals surface area (Å²) < 4.78 is 0. The third kappa shape index (κ3) is 2.10. The van der Waals surface area contributed by atoms with Crippen molar-refractivity contribution in [1.29, 1.82) is 0 Å². The van der Waals surface area contributed by atoms with E-state index < -0.39 is 5.60 Å². The molecule has 1 heteroatoms. The maximum absolute atomic E-state index is 10.2. The van der Waals surface area contributed by atoms with Gasteiger partial charge in [0.15, 0.2) is 0 Å². The number of hydrogen-bond acceptors (Lipinski definition) is 1. The quantitative estimate of drug-likeness (QED) is 0.738. The van der Waals surface area contributed by atoms with Crippen LogP contribution < -0.4 is 0 Å². The molecule has 0 aromatic heterocycles. The lowest BCUT2D eigenvalue weighted by Gasteiger charge is -2.28. The summed E-state index contributed by atoms with van der Waals surface area (Å²) in [4.78, 5) is 0. The zero-order chi connectivity index (χ0) is 10.1. The molecule has 0 aliphatic heterocycles. The second-order valence-corrected chi connectivity index (χ2v) is 4.17. The van der Waals surface area contributed by atoms with Crippen LogP contribution in [0.4, 0.5) is 0 Å². The van der Waals surface area contributed by atoms with E-state index >= 15 is 0 Å². The molecule has 1 nitrogen and oxygen atoms in total.